The van der Waals surface area contributed by atoms with E-state index in [9.17, 15) is 4.79 Å². The minimum absolute atomic E-state index is 0.224. The van der Waals surface area contributed by atoms with Gasteiger partial charge in [-0.1, -0.05) is 51.2 Å². The van der Waals surface area contributed by atoms with E-state index in [4.69, 9.17) is 18.9 Å². The number of aromatic nitrogens is 2. The van der Waals surface area contributed by atoms with E-state index in [2.05, 4.69) is 16.9 Å². The SMILES string of the molecule is CCCCCCCCOc1ncc(-c2ccc(OC[C@H]3COC(=O)O3)cc2)cn1. The summed E-state index contributed by atoms with van der Waals surface area (Å²) in [6, 6.07) is 7.99. The highest BCUT2D eigenvalue weighted by Gasteiger charge is 2.25. The topological polar surface area (TPSA) is 79.8 Å². The van der Waals surface area contributed by atoms with Crippen LogP contribution in [0.4, 0.5) is 4.79 Å². The molecule has 0 aliphatic carbocycles. The molecule has 1 aromatic heterocycles. The number of hydrogen-bond donors (Lipinski definition) is 0. The first-order valence-corrected chi connectivity index (χ1v) is 10.3. The van der Waals surface area contributed by atoms with Gasteiger partial charge >= 0.3 is 12.2 Å². The van der Waals surface area contributed by atoms with Gasteiger partial charge in [0, 0.05) is 18.0 Å². The molecule has 1 atom stereocenters. The molecule has 0 unspecified atom stereocenters. The Bertz CT molecular complexity index is 749. The Balaban J connectivity index is 1.40. The Kier molecular flexibility index (Phi) is 8.10. The summed E-state index contributed by atoms with van der Waals surface area (Å²) in [5.74, 6) is 0.691. The molecule has 2 heterocycles. The summed E-state index contributed by atoms with van der Waals surface area (Å²) in [5.41, 5.74) is 1.89. The van der Waals surface area contributed by atoms with Crippen molar-refractivity contribution < 1.29 is 23.7 Å². The molecule has 1 aliphatic heterocycles. The van der Waals surface area contributed by atoms with Crippen molar-refractivity contribution in [3.05, 3.63) is 36.7 Å². The maximum atomic E-state index is 10.9. The van der Waals surface area contributed by atoms with E-state index in [1.807, 2.05) is 24.3 Å². The monoisotopic (exact) mass is 400 g/mol. The molecule has 7 nitrogen and oxygen atoms in total. The fourth-order valence-corrected chi connectivity index (χ4v) is 2.97. The van der Waals surface area contributed by atoms with Crippen molar-refractivity contribution in [2.24, 2.45) is 0 Å². The summed E-state index contributed by atoms with van der Waals surface area (Å²) >= 11 is 0. The maximum absolute atomic E-state index is 10.9. The number of nitrogens with zero attached hydrogens (tertiary/aromatic N) is 2. The van der Waals surface area contributed by atoms with Gasteiger partial charge in [0.05, 0.1) is 6.61 Å². The lowest BCUT2D eigenvalue weighted by Crippen LogP contribution is -2.19. The van der Waals surface area contributed by atoms with Crippen molar-refractivity contribution in [3.8, 4) is 22.9 Å². The van der Waals surface area contributed by atoms with Crippen LogP contribution in [0.2, 0.25) is 0 Å². The number of cyclic esters (lactones) is 2. The largest absolute Gasteiger partial charge is 0.508 e. The standard InChI is InChI=1S/C22H28N2O5/c1-2-3-4-5-6-7-12-26-21-23-13-18(14-24-21)17-8-10-19(11-9-17)27-15-20-16-28-22(25)29-20/h8-11,13-14,20H,2-7,12,15-16H2,1H3/t20-/m0/s1. The average Bonchev–Trinajstić information content (AvgIpc) is 3.18. The molecule has 0 amide bonds. The fourth-order valence-electron chi connectivity index (χ4n) is 2.97. The molecule has 156 valence electrons. The molecule has 3 rings (SSSR count). The zero-order chi connectivity index (χ0) is 20.3. The first-order valence-electron chi connectivity index (χ1n) is 10.3. The number of benzene rings is 1. The third-order valence-corrected chi connectivity index (χ3v) is 4.63. The Labute approximate surface area is 171 Å². The highest BCUT2D eigenvalue weighted by molar-refractivity contribution is 5.62. The number of unbranched alkanes of at least 4 members (excludes halogenated alkanes) is 5. The Morgan fingerprint density at radius 3 is 2.38 bits per heavy atom. The second-order valence-corrected chi connectivity index (χ2v) is 7.01. The van der Waals surface area contributed by atoms with E-state index in [-0.39, 0.29) is 19.3 Å². The van der Waals surface area contributed by atoms with Gasteiger partial charge in [-0.25, -0.2) is 14.8 Å². The number of hydrogen-bond acceptors (Lipinski definition) is 7. The first kappa shape index (κ1) is 20.9. The van der Waals surface area contributed by atoms with Crippen molar-refractivity contribution >= 4 is 6.16 Å². The predicted molar refractivity (Wildman–Crippen MR) is 108 cm³/mol. The molecular formula is C22H28N2O5. The molecule has 1 fully saturated rings. The van der Waals surface area contributed by atoms with E-state index in [0.717, 1.165) is 17.5 Å². The molecule has 0 saturated carbocycles. The zero-order valence-electron chi connectivity index (χ0n) is 16.8. The molecule has 2 aromatic rings. The first-order chi connectivity index (χ1) is 14.2. The quantitative estimate of drug-likeness (QED) is 0.374. The summed E-state index contributed by atoms with van der Waals surface area (Å²) < 4.78 is 20.9. The van der Waals surface area contributed by atoms with Crippen LogP contribution in [0, 0.1) is 0 Å². The van der Waals surface area contributed by atoms with Crippen molar-refractivity contribution in [1.29, 1.82) is 0 Å². The van der Waals surface area contributed by atoms with Crippen LogP contribution in [0.1, 0.15) is 45.4 Å². The number of ether oxygens (including phenoxy) is 4. The van der Waals surface area contributed by atoms with Crippen LogP contribution < -0.4 is 9.47 Å². The smallest absolute Gasteiger partial charge is 0.490 e. The number of carbonyl (C=O) groups is 1. The highest BCUT2D eigenvalue weighted by Crippen LogP contribution is 2.22. The second-order valence-electron chi connectivity index (χ2n) is 7.01. The molecular weight excluding hydrogens is 372 g/mol. The van der Waals surface area contributed by atoms with Gasteiger partial charge in [-0.15, -0.1) is 0 Å². The predicted octanol–water partition coefficient (Wildman–Crippen LogP) is 4.80. The third kappa shape index (κ3) is 6.93. The van der Waals surface area contributed by atoms with Crippen LogP contribution in [0.5, 0.6) is 11.8 Å². The molecule has 0 bridgehead atoms. The lowest BCUT2D eigenvalue weighted by molar-refractivity contribution is 0.0983. The summed E-state index contributed by atoms with van der Waals surface area (Å²) in [5, 5.41) is 0. The maximum Gasteiger partial charge on any atom is 0.508 e. The molecule has 1 aromatic carbocycles. The van der Waals surface area contributed by atoms with Crippen molar-refractivity contribution in [3.63, 3.8) is 0 Å². The van der Waals surface area contributed by atoms with Gasteiger partial charge in [0.25, 0.3) is 0 Å². The zero-order valence-corrected chi connectivity index (χ0v) is 16.8. The van der Waals surface area contributed by atoms with Crippen LogP contribution in [0.15, 0.2) is 36.7 Å². The van der Waals surface area contributed by atoms with Gasteiger partial charge in [0.15, 0.2) is 6.10 Å². The highest BCUT2D eigenvalue weighted by atomic mass is 16.8. The van der Waals surface area contributed by atoms with Crippen molar-refractivity contribution in [2.45, 2.75) is 51.6 Å². The minimum Gasteiger partial charge on any atom is -0.490 e. The summed E-state index contributed by atoms with van der Waals surface area (Å²) in [4.78, 5) is 19.5. The van der Waals surface area contributed by atoms with Gasteiger partial charge in [0.2, 0.25) is 0 Å². The number of carbonyl (C=O) groups excluding carboxylic acids is 1. The van der Waals surface area contributed by atoms with Crippen molar-refractivity contribution in [1.82, 2.24) is 9.97 Å². The molecule has 1 aliphatic rings. The lowest BCUT2D eigenvalue weighted by Gasteiger charge is -2.10. The van der Waals surface area contributed by atoms with Crippen LogP contribution in [0.3, 0.4) is 0 Å². The summed E-state index contributed by atoms with van der Waals surface area (Å²) in [6.07, 6.45) is 9.86. The normalized spacial score (nSPS) is 15.6. The van der Waals surface area contributed by atoms with Gasteiger partial charge in [0.1, 0.15) is 19.0 Å². The average molecular weight is 400 g/mol. The van der Waals surface area contributed by atoms with E-state index in [1.165, 1.54) is 32.1 Å². The van der Waals surface area contributed by atoms with Gasteiger partial charge < -0.3 is 18.9 Å². The molecule has 7 heteroatoms. The lowest BCUT2D eigenvalue weighted by atomic mass is 10.1. The van der Waals surface area contributed by atoms with Crippen LogP contribution in [-0.4, -0.2) is 42.0 Å². The van der Waals surface area contributed by atoms with E-state index in [0.29, 0.717) is 18.4 Å². The summed E-state index contributed by atoms with van der Waals surface area (Å²) in [6.45, 7) is 3.36. The molecule has 0 N–H and O–H groups in total. The van der Waals surface area contributed by atoms with Crippen LogP contribution in [-0.2, 0) is 9.47 Å². The minimum atomic E-state index is -0.645. The summed E-state index contributed by atoms with van der Waals surface area (Å²) in [7, 11) is 0. The molecule has 0 radical (unpaired) electrons. The Morgan fingerprint density at radius 1 is 0.966 bits per heavy atom. The Hall–Kier alpha value is -2.83. The van der Waals surface area contributed by atoms with Crippen molar-refractivity contribution in [2.75, 3.05) is 19.8 Å². The van der Waals surface area contributed by atoms with E-state index >= 15 is 0 Å². The van der Waals surface area contributed by atoms with E-state index in [1.54, 1.807) is 12.4 Å². The second kappa shape index (κ2) is 11.2. The molecule has 29 heavy (non-hydrogen) atoms. The van der Waals surface area contributed by atoms with Gasteiger partial charge in [-0.3, -0.25) is 0 Å². The van der Waals surface area contributed by atoms with E-state index < -0.39 is 6.16 Å². The van der Waals surface area contributed by atoms with Gasteiger partial charge in [-0.05, 0) is 24.1 Å². The molecule has 1 saturated heterocycles. The van der Waals surface area contributed by atoms with Crippen LogP contribution in [0.25, 0.3) is 11.1 Å². The van der Waals surface area contributed by atoms with Crippen LogP contribution >= 0.6 is 0 Å². The third-order valence-electron chi connectivity index (χ3n) is 4.63. The van der Waals surface area contributed by atoms with Gasteiger partial charge in [-0.2, -0.15) is 0 Å². The number of rotatable bonds is 12. The Morgan fingerprint density at radius 2 is 1.69 bits per heavy atom. The molecule has 0 spiro atoms. The fraction of sp³-hybridized carbons (Fsp3) is 0.500.